The molecule has 0 saturated carbocycles. The fraction of sp³-hybridized carbons (Fsp3) is 0.105. The number of esters is 1. The summed E-state index contributed by atoms with van der Waals surface area (Å²) in [6, 6.07) is 18.6. The van der Waals surface area contributed by atoms with Crippen LogP contribution < -0.4 is 4.31 Å². The third-order valence-corrected chi connectivity index (χ3v) is 5.91. The summed E-state index contributed by atoms with van der Waals surface area (Å²) in [6.45, 7) is -0.452. The number of benzene rings is 3. The van der Waals surface area contributed by atoms with Crippen molar-refractivity contribution >= 4 is 44.1 Å². The second kappa shape index (κ2) is 7.35. The lowest BCUT2D eigenvalue weighted by Crippen LogP contribution is -2.36. The lowest BCUT2D eigenvalue weighted by molar-refractivity contribution is -0.138. The largest absolute Gasteiger partial charge is 0.468 e. The van der Waals surface area contributed by atoms with E-state index in [1.807, 2.05) is 24.3 Å². The average molecular weight is 390 g/mol. The number of fused-ring (bicyclic) bond motifs is 1. The van der Waals surface area contributed by atoms with Crippen LogP contribution in [0.3, 0.4) is 0 Å². The van der Waals surface area contributed by atoms with E-state index in [2.05, 4.69) is 4.74 Å². The predicted molar refractivity (Wildman–Crippen MR) is 102 cm³/mol. The van der Waals surface area contributed by atoms with E-state index in [1.165, 1.54) is 19.2 Å². The highest BCUT2D eigenvalue weighted by Gasteiger charge is 2.28. The molecule has 0 N–H and O–H groups in total. The number of ether oxygens (including phenoxy) is 1. The molecule has 26 heavy (non-hydrogen) atoms. The van der Waals surface area contributed by atoms with E-state index >= 15 is 0 Å². The predicted octanol–water partition coefficient (Wildman–Crippen LogP) is 3.86. The number of nitrogens with zero attached hydrogens (tertiary/aromatic N) is 1. The first-order chi connectivity index (χ1) is 12.4. The molecule has 0 aliphatic carbocycles. The quantitative estimate of drug-likeness (QED) is 0.621. The fourth-order valence-electron chi connectivity index (χ4n) is 2.58. The molecule has 0 aliphatic heterocycles. The number of anilines is 1. The van der Waals surface area contributed by atoms with Gasteiger partial charge in [0.1, 0.15) is 6.54 Å². The first kappa shape index (κ1) is 18.2. The topological polar surface area (TPSA) is 63.7 Å². The van der Waals surface area contributed by atoms with Crippen molar-refractivity contribution < 1.29 is 17.9 Å². The van der Waals surface area contributed by atoms with E-state index in [-0.39, 0.29) is 10.6 Å². The molecule has 0 aliphatic rings. The Morgan fingerprint density at radius 2 is 1.73 bits per heavy atom. The number of methoxy groups -OCH3 is 1. The van der Waals surface area contributed by atoms with Gasteiger partial charge < -0.3 is 4.74 Å². The summed E-state index contributed by atoms with van der Waals surface area (Å²) in [7, 11) is -2.78. The van der Waals surface area contributed by atoms with Crippen molar-refractivity contribution in [1.82, 2.24) is 0 Å². The Morgan fingerprint density at radius 3 is 2.42 bits per heavy atom. The monoisotopic (exact) mass is 389 g/mol. The molecule has 3 aromatic carbocycles. The van der Waals surface area contributed by atoms with Gasteiger partial charge in [0.05, 0.1) is 17.7 Å². The fourth-order valence-corrected chi connectivity index (χ4v) is 4.20. The Bertz CT molecular complexity index is 1070. The molecule has 0 spiro atoms. The van der Waals surface area contributed by atoms with Crippen molar-refractivity contribution in [3.63, 3.8) is 0 Å². The molecule has 0 radical (unpaired) electrons. The zero-order valence-corrected chi connectivity index (χ0v) is 15.5. The highest BCUT2D eigenvalue weighted by molar-refractivity contribution is 7.92. The van der Waals surface area contributed by atoms with E-state index in [0.717, 1.165) is 15.1 Å². The minimum atomic E-state index is -3.99. The number of hydrogen-bond donors (Lipinski definition) is 0. The summed E-state index contributed by atoms with van der Waals surface area (Å²) in [5.74, 6) is -0.672. The summed E-state index contributed by atoms with van der Waals surface area (Å²) in [5, 5.41) is 2.08. The van der Waals surface area contributed by atoms with Gasteiger partial charge in [0.15, 0.2) is 0 Å². The van der Waals surface area contributed by atoms with Crippen molar-refractivity contribution in [2.24, 2.45) is 0 Å². The van der Waals surface area contributed by atoms with Crippen LogP contribution in [-0.4, -0.2) is 28.0 Å². The van der Waals surface area contributed by atoms with Gasteiger partial charge >= 0.3 is 5.97 Å². The minimum Gasteiger partial charge on any atom is -0.468 e. The van der Waals surface area contributed by atoms with Crippen molar-refractivity contribution in [2.75, 3.05) is 18.0 Å². The molecule has 7 heteroatoms. The number of halogens is 1. The van der Waals surface area contributed by atoms with Crippen LogP contribution in [0.1, 0.15) is 0 Å². The lowest BCUT2D eigenvalue weighted by atomic mass is 10.1. The molecule has 0 amide bonds. The highest BCUT2D eigenvalue weighted by Crippen LogP contribution is 2.28. The van der Waals surface area contributed by atoms with Gasteiger partial charge in [0.25, 0.3) is 10.0 Å². The number of carbonyl (C=O) groups excluding carboxylic acids is 1. The average Bonchev–Trinajstić information content (AvgIpc) is 2.65. The van der Waals surface area contributed by atoms with E-state index in [0.29, 0.717) is 5.02 Å². The zero-order valence-electron chi connectivity index (χ0n) is 13.9. The SMILES string of the molecule is COC(=O)CN(c1cccc(Cl)c1)S(=O)(=O)c1ccc2ccccc2c1. The first-order valence-electron chi connectivity index (χ1n) is 7.76. The van der Waals surface area contributed by atoms with E-state index in [1.54, 1.807) is 30.3 Å². The molecule has 134 valence electrons. The molecule has 3 aromatic rings. The normalized spacial score (nSPS) is 11.3. The van der Waals surface area contributed by atoms with Crippen LogP contribution in [0.5, 0.6) is 0 Å². The number of sulfonamides is 1. The molecular formula is C19H16ClNO4S. The molecule has 0 aromatic heterocycles. The summed E-state index contributed by atoms with van der Waals surface area (Å²) < 4.78 is 32.1. The van der Waals surface area contributed by atoms with Crippen LogP contribution in [0, 0.1) is 0 Å². The van der Waals surface area contributed by atoms with Crippen LogP contribution in [0.25, 0.3) is 10.8 Å². The molecule has 0 fully saturated rings. The molecule has 5 nitrogen and oxygen atoms in total. The van der Waals surface area contributed by atoms with Crippen LogP contribution in [-0.2, 0) is 19.6 Å². The molecule has 3 rings (SSSR count). The number of carbonyl (C=O) groups is 1. The molecule has 0 saturated heterocycles. The molecule has 0 heterocycles. The standard InChI is InChI=1S/C19H16ClNO4S/c1-25-19(22)13-21(17-8-4-7-16(20)12-17)26(23,24)18-10-9-14-5-2-3-6-15(14)11-18/h2-12H,13H2,1H3. The Kier molecular flexibility index (Phi) is 5.15. The molecule has 0 atom stereocenters. The third kappa shape index (κ3) is 3.66. The molecule has 0 bridgehead atoms. The van der Waals surface area contributed by atoms with E-state index < -0.39 is 22.5 Å². The first-order valence-corrected chi connectivity index (χ1v) is 9.57. The van der Waals surface area contributed by atoms with Gasteiger partial charge in [0.2, 0.25) is 0 Å². The summed E-state index contributed by atoms with van der Waals surface area (Å²) >= 11 is 6.00. The molecule has 0 unspecified atom stereocenters. The number of rotatable bonds is 5. The Hall–Kier alpha value is -2.57. The summed E-state index contributed by atoms with van der Waals surface area (Å²) in [6.07, 6.45) is 0. The van der Waals surface area contributed by atoms with Gasteiger partial charge in [-0.25, -0.2) is 8.42 Å². The summed E-state index contributed by atoms with van der Waals surface area (Å²) in [4.78, 5) is 11.9. The van der Waals surface area contributed by atoms with Crippen molar-refractivity contribution in [1.29, 1.82) is 0 Å². The summed E-state index contributed by atoms with van der Waals surface area (Å²) in [5.41, 5.74) is 0.288. The van der Waals surface area contributed by atoms with Crippen LogP contribution in [0.15, 0.2) is 71.6 Å². The van der Waals surface area contributed by atoms with E-state index in [4.69, 9.17) is 11.6 Å². The second-order valence-electron chi connectivity index (χ2n) is 5.58. The van der Waals surface area contributed by atoms with E-state index in [9.17, 15) is 13.2 Å². The Balaban J connectivity index is 2.12. The van der Waals surface area contributed by atoms with Crippen LogP contribution in [0.4, 0.5) is 5.69 Å². The molecular weight excluding hydrogens is 374 g/mol. The Morgan fingerprint density at radius 1 is 1.00 bits per heavy atom. The maximum absolute atomic E-state index is 13.2. The highest BCUT2D eigenvalue weighted by atomic mass is 35.5. The van der Waals surface area contributed by atoms with Gasteiger partial charge in [-0.15, -0.1) is 0 Å². The lowest BCUT2D eigenvalue weighted by Gasteiger charge is -2.23. The van der Waals surface area contributed by atoms with Crippen LogP contribution >= 0.6 is 11.6 Å². The van der Waals surface area contributed by atoms with Crippen molar-refractivity contribution in [3.05, 3.63) is 71.8 Å². The van der Waals surface area contributed by atoms with Gasteiger partial charge in [-0.1, -0.05) is 48.0 Å². The third-order valence-electron chi connectivity index (χ3n) is 3.91. The van der Waals surface area contributed by atoms with Gasteiger partial charge in [0, 0.05) is 5.02 Å². The Labute approximate surface area is 156 Å². The minimum absolute atomic E-state index is 0.0834. The number of hydrogen-bond acceptors (Lipinski definition) is 4. The maximum Gasteiger partial charge on any atom is 0.326 e. The zero-order chi connectivity index (χ0) is 18.7. The smallest absolute Gasteiger partial charge is 0.326 e. The van der Waals surface area contributed by atoms with Crippen LogP contribution in [0.2, 0.25) is 5.02 Å². The maximum atomic E-state index is 13.2. The van der Waals surface area contributed by atoms with Crippen molar-refractivity contribution in [3.8, 4) is 0 Å². The van der Waals surface area contributed by atoms with Gasteiger partial charge in [-0.2, -0.15) is 0 Å². The van der Waals surface area contributed by atoms with Gasteiger partial charge in [-0.3, -0.25) is 9.10 Å². The van der Waals surface area contributed by atoms with Gasteiger partial charge in [-0.05, 0) is 41.1 Å². The van der Waals surface area contributed by atoms with Crippen molar-refractivity contribution in [2.45, 2.75) is 4.90 Å². The second-order valence-corrected chi connectivity index (χ2v) is 7.88.